The monoisotopic (exact) mass is 335 g/mol. The van der Waals surface area contributed by atoms with Crippen LogP contribution in [-0.4, -0.2) is 41.0 Å². The van der Waals surface area contributed by atoms with Crippen LogP contribution < -0.4 is 0 Å². The molecule has 1 unspecified atom stereocenters. The third kappa shape index (κ3) is 3.82. The van der Waals surface area contributed by atoms with Crippen molar-refractivity contribution in [3.05, 3.63) is 52.7 Å². The third-order valence-electron chi connectivity index (χ3n) is 4.66. The van der Waals surface area contributed by atoms with Crippen LogP contribution in [0.3, 0.4) is 0 Å². The molecule has 1 aliphatic rings. The van der Waals surface area contributed by atoms with E-state index < -0.39 is 11.6 Å². The molecule has 1 aromatic heterocycles. The molecule has 2 aromatic rings. The molecule has 1 atom stereocenters. The fourth-order valence-corrected chi connectivity index (χ4v) is 3.18. The van der Waals surface area contributed by atoms with Crippen LogP contribution in [0, 0.1) is 25.5 Å². The first kappa shape index (κ1) is 17.0. The summed E-state index contributed by atoms with van der Waals surface area (Å²) in [5.41, 5.74) is 1.64. The van der Waals surface area contributed by atoms with Crippen molar-refractivity contribution >= 4 is 0 Å². The quantitative estimate of drug-likeness (QED) is 0.839. The molecule has 0 aliphatic carbocycles. The highest BCUT2D eigenvalue weighted by Gasteiger charge is 2.27. The molecule has 6 heteroatoms. The number of likely N-dealkylation sites (tertiary alicyclic amines) is 1. The van der Waals surface area contributed by atoms with E-state index in [1.54, 1.807) is 6.07 Å². The Morgan fingerprint density at radius 2 is 2.04 bits per heavy atom. The maximum Gasteiger partial charge on any atom is 0.208 e. The largest absolute Gasteiger partial charge is 0.444 e. The highest BCUT2D eigenvalue weighted by atomic mass is 19.2. The van der Waals surface area contributed by atoms with Gasteiger partial charge in [0.15, 0.2) is 11.6 Å². The number of rotatable bonds is 5. The smallest absolute Gasteiger partial charge is 0.208 e. The number of hydrogen-bond donors (Lipinski definition) is 0. The van der Waals surface area contributed by atoms with Crippen molar-refractivity contribution in [1.82, 2.24) is 14.8 Å². The van der Waals surface area contributed by atoms with Gasteiger partial charge in [0.2, 0.25) is 5.89 Å². The molecule has 4 nitrogen and oxygen atoms in total. The topological polar surface area (TPSA) is 32.5 Å². The maximum absolute atomic E-state index is 13.5. The van der Waals surface area contributed by atoms with Crippen molar-refractivity contribution in [3.63, 3.8) is 0 Å². The van der Waals surface area contributed by atoms with E-state index in [2.05, 4.69) is 21.8 Å². The molecule has 2 heterocycles. The number of nitrogens with zero attached hydrogens (tertiary/aromatic N) is 3. The number of aryl methyl sites for hydroxylation is 2. The second kappa shape index (κ2) is 6.99. The van der Waals surface area contributed by atoms with Gasteiger partial charge in [-0.05, 0) is 51.6 Å². The van der Waals surface area contributed by atoms with E-state index in [0.717, 1.165) is 36.5 Å². The summed E-state index contributed by atoms with van der Waals surface area (Å²) in [7, 11) is 2.09. The van der Waals surface area contributed by atoms with E-state index in [4.69, 9.17) is 4.42 Å². The van der Waals surface area contributed by atoms with Gasteiger partial charge in [0.25, 0.3) is 0 Å². The van der Waals surface area contributed by atoms with Gasteiger partial charge < -0.3 is 9.32 Å². The zero-order valence-electron chi connectivity index (χ0n) is 14.4. The summed E-state index contributed by atoms with van der Waals surface area (Å²) in [6.07, 6.45) is 1.04. The van der Waals surface area contributed by atoms with Gasteiger partial charge >= 0.3 is 0 Å². The minimum atomic E-state index is -0.815. The molecule has 1 aliphatic heterocycles. The molecule has 24 heavy (non-hydrogen) atoms. The summed E-state index contributed by atoms with van der Waals surface area (Å²) in [6.45, 7) is 6.90. The van der Waals surface area contributed by atoms with Gasteiger partial charge in [0.1, 0.15) is 5.76 Å². The summed E-state index contributed by atoms with van der Waals surface area (Å²) in [6, 6.07) is 4.43. The second-order valence-corrected chi connectivity index (χ2v) is 6.61. The first-order valence-electron chi connectivity index (χ1n) is 8.22. The molecule has 3 rings (SSSR count). The number of oxazole rings is 1. The Morgan fingerprint density at radius 3 is 2.62 bits per heavy atom. The lowest BCUT2D eigenvalue weighted by molar-refractivity contribution is 0.163. The standard InChI is InChI=1S/C18H23F2N3O/c1-12-13(2)24-18(21-12)11-23(15-6-7-22(3)10-15)9-14-4-5-16(19)17(20)8-14/h4-5,8,15H,6-7,9-11H2,1-3H3. The summed E-state index contributed by atoms with van der Waals surface area (Å²) < 4.78 is 32.4. The molecule has 0 radical (unpaired) electrons. The predicted octanol–water partition coefficient (Wildman–Crippen LogP) is 3.28. The Bertz CT molecular complexity index is 697. The molecule has 130 valence electrons. The normalized spacial score (nSPS) is 18.7. The van der Waals surface area contributed by atoms with Crippen LogP contribution in [0.4, 0.5) is 8.78 Å². The molecule has 1 fully saturated rings. The van der Waals surface area contributed by atoms with Crippen LogP contribution >= 0.6 is 0 Å². The lowest BCUT2D eigenvalue weighted by atomic mass is 10.1. The van der Waals surface area contributed by atoms with Crippen LogP contribution in [0.25, 0.3) is 0 Å². The highest BCUT2D eigenvalue weighted by Crippen LogP contribution is 2.21. The fraction of sp³-hybridized carbons (Fsp3) is 0.500. The van der Waals surface area contributed by atoms with Crippen molar-refractivity contribution in [2.24, 2.45) is 0 Å². The molecule has 1 aromatic carbocycles. The first-order chi connectivity index (χ1) is 11.4. The minimum absolute atomic E-state index is 0.343. The van der Waals surface area contributed by atoms with Gasteiger partial charge in [-0.1, -0.05) is 6.07 Å². The van der Waals surface area contributed by atoms with Crippen molar-refractivity contribution in [3.8, 4) is 0 Å². The number of benzene rings is 1. The summed E-state index contributed by atoms with van der Waals surface area (Å²) in [5, 5.41) is 0. The molecule has 0 N–H and O–H groups in total. The maximum atomic E-state index is 13.5. The van der Waals surface area contributed by atoms with Crippen molar-refractivity contribution in [1.29, 1.82) is 0 Å². The van der Waals surface area contributed by atoms with Crippen molar-refractivity contribution in [2.75, 3.05) is 20.1 Å². The fourth-order valence-electron chi connectivity index (χ4n) is 3.18. The Hall–Kier alpha value is -1.79. The van der Waals surface area contributed by atoms with Crippen molar-refractivity contribution < 1.29 is 13.2 Å². The van der Waals surface area contributed by atoms with E-state index in [-0.39, 0.29) is 0 Å². The zero-order chi connectivity index (χ0) is 17.3. The molecular formula is C18H23F2N3O. The van der Waals surface area contributed by atoms with E-state index in [1.165, 1.54) is 12.1 Å². The summed E-state index contributed by atoms with van der Waals surface area (Å²) in [5.74, 6) is -0.132. The first-order valence-corrected chi connectivity index (χ1v) is 8.22. The van der Waals surface area contributed by atoms with E-state index in [0.29, 0.717) is 25.0 Å². The van der Waals surface area contributed by atoms with E-state index in [1.807, 2.05) is 13.8 Å². The van der Waals surface area contributed by atoms with E-state index in [9.17, 15) is 8.78 Å². The average molecular weight is 335 g/mol. The lowest BCUT2D eigenvalue weighted by Crippen LogP contribution is -2.36. The van der Waals surface area contributed by atoms with Gasteiger partial charge in [-0.3, -0.25) is 4.90 Å². The third-order valence-corrected chi connectivity index (χ3v) is 4.66. The number of halogens is 2. The molecule has 0 bridgehead atoms. The molecule has 0 amide bonds. The van der Waals surface area contributed by atoms with Gasteiger partial charge in [-0.25, -0.2) is 13.8 Å². The Labute approximate surface area is 141 Å². The van der Waals surface area contributed by atoms with Gasteiger partial charge in [0.05, 0.1) is 12.2 Å². The van der Waals surface area contributed by atoms with Crippen LogP contribution in [-0.2, 0) is 13.1 Å². The Kier molecular flexibility index (Phi) is 4.96. The molecule has 1 saturated heterocycles. The molecule has 0 saturated carbocycles. The average Bonchev–Trinajstić information content (AvgIpc) is 3.09. The predicted molar refractivity (Wildman–Crippen MR) is 87.5 cm³/mol. The van der Waals surface area contributed by atoms with Crippen LogP contribution in [0.1, 0.15) is 29.3 Å². The lowest BCUT2D eigenvalue weighted by Gasteiger charge is -2.27. The SMILES string of the molecule is Cc1nc(CN(Cc2ccc(F)c(F)c2)C2CCN(C)C2)oc1C. The minimum Gasteiger partial charge on any atom is -0.444 e. The van der Waals surface area contributed by atoms with Gasteiger partial charge in [-0.2, -0.15) is 0 Å². The second-order valence-electron chi connectivity index (χ2n) is 6.61. The van der Waals surface area contributed by atoms with Crippen LogP contribution in [0.15, 0.2) is 22.6 Å². The number of likely N-dealkylation sites (N-methyl/N-ethyl adjacent to an activating group) is 1. The van der Waals surface area contributed by atoms with Gasteiger partial charge in [-0.15, -0.1) is 0 Å². The van der Waals surface area contributed by atoms with Crippen LogP contribution in [0.5, 0.6) is 0 Å². The van der Waals surface area contributed by atoms with Crippen molar-refractivity contribution in [2.45, 2.75) is 39.4 Å². The molecular weight excluding hydrogens is 312 g/mol. The molecule has 0 spiro atoms. The summed E-state index contributed by atoms with van der Waals surface area (Å²) >= 11 is 0. The Balaban J connectivity index is 1.79. The number of aromatic nitrogens is 1. The zero-order valence-corrected chi connectivity index (χ0v) is 14.4. The van der Waals surface area contributed by atoms with E-state index >= 15 is 0 Å². The summed E-state index contributed by atoms with van der Waals surface area (Å²) in [4.78, 5) is 8.97. The Morgan fingerprint density at radius 1 is 1.25 bits per heavy atom. The number of hydrogen-bond acceptors (Lipinski definition) is 4. The van der Waals surface area contributed by atoms with Crippen LogP contribution in [0.2, 0.25) is 0 Å². The van der Waals surface area contributed by atoms with Gasteiger partial charge in [0, 0.05) is 19.1 Å². The highest BCUT2D eigenvalue weighted by molar-refractivity contribution is 5.18.